The van der Waals surface area contributed by atoms with Crippen LogP contribution in [0.5, 0.6) is 0 Å². The zero-order chi connectivity index (χ0) is 11.7. The van der Waals surface area contributed by atoms with Crippen molar-refractivity contribution in [3.8, 4) is 6.07 Å². The Morgan fingerprint density at radius 1 is 1.38 bits per heavy atom. The summed E-state index contributed by atoms with van der Waals surface area (Å²) in [7, 11) is 0. The van der Waals surface area contributed by atoms with Gasteiger partial charge in [0.2, 0.25) is 5.91 Å². The first-order valence-electron chi connectivity index (χ1n) is 5.39. The number of aryl methyl sites for hydroxylation is 2. The van der Waals surface area contributed by atoms with Crippen LogP contribution in [-0.4, -0.2) is 12.5 Å². The molecule has 1 heterocycles. The average Bonchev–Trinajstić information content (AvgIpc) is 2.64. The number of amides is 1. The smallest absolute Gasteiger partial charge is 0.228 e. The van der Waals surface area contributed by atoms with Crippen LogP contribution in [0.1, 0.15) is 17.5 Å². The second kappa shape index (κ2) is 3.97. The molecule has 3 heteroatoms. The summed E-state index contributed by atoms with van der Waals surface area (Å²) in [6.45, 7) is 4.60. The number of hydrogen-bond acceptors (Lipinski definition) is 2. The molecule has 1 aromatic carbocycles. The van der Waals surface area contributed by atoms with E-state index in [9.17, 15) is 4.79 Å². The standard InChI is InChI=1S/C13H14N2O/c1-9-3-4-12(5-10(9)2)15-8-11(7-14)6-13(15)16/h3-5,11H,6,8H2,1-2H3. The summed E-state index contributed by atoms with van der Waals surface area (Å²) in [5, 5.41) is 8.82. The molecule has 1 aromatic rings. The Kier molecular flexibility index (Phi) is 2.66. The molecule has 1 fully saturated rings. The van der Waals surface area contributed by atoms with Crippen molar-refractivity contribution in [2.24, 2.45) is 5.92 Å². The Morgan fingerprint density at radius 3 is 2.69 bits per heavy atom. The van der Waals surface area contributed by atoms with E-state index in [1.165, 1.54) is 11.1 Å². The van der Waals surface area contributed by atoms with Crippen LogP contribution in [0.3, 0.4) is 0 Å². The molecule has 0 bridgehead atoms. The van der Waals surface area contributed by atoms with Gasteiger partial charge in [0, 0.05) is 18.7 Å². The Bertz CT molecular complexity index is 473. The lowest BCUT2D eigenvalue weighted by Gasteiger charge is -2.17. The van der Waals surface area contributed by atoms with Crippen LogP contribution in [0.4, 0.5) is 5.69 Å². The van der Waals surface area contributed by atoms with E-state index in [1.54, 1.807) is 4.90 Å². The summed E-state index contributed by atoms with van der Waals surface area (Å²) in [6, 6.07) is 8.12. The quantitative estimate of drug-likeness (QED) is 0.719. The van der Waals surface area contributed by atoms with Gasteiger partial charge in [0.25, 0.3) is 0 Å². The molecule has 1 aliphatic heterocycles. The molecular formula is C13H14N2O. The molecule has 82 valence electrons. The fraction of sp³-hybridized carbons (Fsp3) is 0.385. The third kappa shape index (κ3) is 1.79. The molecule has 1 unspecified atom stereocenters. The van der Waals surface area contributed by atoms with Crippen molar-refractivity contribution in [2.45, 2.75) is 20.3 Å². The first-order chi connectivity index (χ1) is 7.61. The summed E-state index contributed by atoms with van der Waals surface area (Å²) in [6.07, 6.45) is 0.351. The third-order valence-corrected chi connectivity index (χ3v) is 3.11. The van der Waals surface area contributed by atoms with Crippen LogP contribution in [0, 0.1) is 31.1 Å². The van der Waals surface area contributed by atoms with E-state index in [-0.39, 0.29) is 11.8 Å². The van der Waals surface area contributed by atoms with Crippen molar-refractivity contribution in [2.75, 3.05) is 11.4 Å². The highest BCUT2D eigenvalue weighted by Crippen LogP contribution is 2.26. The molecule has 0 spiro atoms. The molecule has 0 aromatic heterocycles. The lowest BCUT2D eigenvalue weighted by atomic mass is 10.1. The number of carbonyl (C=O) groups is 1. The Morgan fingerprint density at radius 2 is 2.12 bits per heavy atom. The van der Waals surface area contributed by atoms with Crippen molar-refractivity contribution in [3.05, 3.63) is 29.3 Å². The van der Waals surface area contributed by atoms with E-state index < -0.39 is 0 Å². The van der Waals surface area contributed by atoms with Crippen LogP contribution >= 0.6 is 0 Å². The molecule has 0 saturated carbocycles. The molecule has 2 rings (SSSR count). The van der Waals surface area contributed by atoms with Gasteiger partial charge in [-0.05, 0) is 37.1 Å². The summed E-state index contributed by atoms with van der Waals surface area (Å²) >= 11 is 0. The fourth-order valence-electron chi connectivity index (χ4n) is 1.94. The predicted octanol–water partition coefficient (Wildman–Crippen LogP) is 2.18. The van der Waals surface area contributed by atoms with Gasteiger partial charge in [0.1, 0.15) is 0 Å². The Balaban J connectivity index is 2.29. The second-order valence-corrected chi connectivity index (χ2v) is 4.30. The van der Waals surface area contributed by atoms with Crippen LogP contribution in [0.15, 0.2) is 18.2 Å². The molecule has 0 N–H and O–H groups in total. The molecule has 1 saturated heterocycles. The first-order valence-corrected chi connectivity index (χ1v) is 5.39. The predicted molar refractivity (Wildman–Crippen MR) is 62.0 cm³/mol. The highest BCUT2D eigenvalue weighted by Gasteiger charge is 2.30. The van der Waals surface area contributed by atoms with Gasteiger partial charge in [-0.3, -0.25) is 4.79 Å². The van der Waals surface area contributed by atoms with Gasteiger partial charge in [-0.2, -0.15) is 5.26 Å². The number of anilines is 1. The molecular weight excluding hydrogens is 200 g/mol. The van der Waals surface area contributed by atoms with Gasteiger partial charge in [-0.25, -0.2) is 0 Å². The van der Waals surface area contributed by atoms with Gasteiger partial charge in [-0.15, -0.1) is 0 Å². The zero-order valence-corrected chi connectivity index (χ0v) is 9.53. The minimum Gasteiger partial charge on any atom is -0.311 e. The SMILES string of the molecule is Cc1ccc(N2CC(C#N)CC2=O)cc1C. The van der Waals surface area contributed by atoms with E-state index in [0.717, 1.165) is 5.69 Å². The molecule has 0 aliphatic carbocycles. The molecule has 1 amide bonds. The number of nitriles is 1. The largest absolute Gasteiger partial charge is 0.311 e. The summed E-state index contributed by atoms with van der Waals surface area (Å²) in [4.78, 5) is 13.4. The van der Waals surface area contributed by atoms with E-state index in [0.29, 0.717) is 13.0 Å². The highest BCUT2D eigenvalue weighted by atomic mass is 16.2. The van der Waals surface area contributed by atoms with Gasteiger partial charge in [0.05, 0.1) is 12.0 Å². The van der Waals surface area contributed by atoms with Crippen LogP contribution in [0.25, 0.3) is 0 Å². The molecule has 16 heavy (non-hydrogen) atoms. The van der Waals surface area contributed by atoms with Crippen molar-refractivity contribution in [1.29, 1.82) is 5.26 Å². The van der Waals surface area contributed by atoms with Gasteiger partial charge in [0.15, 0.2) is 0 Å². The van der Waals surface area contributed by atoms with E-state index >= 15 is 0 Å². The van der Waals surface area contributed by atoms with Gasteiger partial charge >= 0.3 is 0 Å². The molecule has 0 radical (unpaired) electrons. The van der Waals surface area contributed by atoms with Gasteiger partial charge in [-0.1, -0.05) is 6.07 Å². The van der Waals surface area contributed by atoms with E-state index in [2.05, 4.69) is 6.07 Å². The minimum absolute atomic E-state index is 0.0507. The number of rotatable bonds is 1. The number of hydrogen-bond donors (Lipinski definition) is 0. The number of carbonyl (C=O) groups excluding carboxylic acids is 1. The lowest BCUT2D eigenvalue weighted by Crippen LogP contribution is -2.24. The molecule has 1 aliphatic rings. The minimum atomic E-state index is -0.158. The number of benzene rings is 1. The number of nitrogens with zero attached hydrogens (tertiary/aromatic N) is 2. The van der Waals surface area contributed by atoms with Crippen molar-refractivity contribution < 1.29 is 4.79 Å². The first kappa shape index (κ1) is 10.7. The van der Waals surface area contributed by atoms with E-state index in [4.69, 9.17) is 5.26 Å². The normalized spacial score (nSPS) is 19.9. The van der Waals surface area contributed by atoms with E-state index in [1.807, 2.05) is 32.0 Å². The summed E-state index contributed by atoms with van der Waals surface area (Å²) < 4.78 is 0. The molecule has 1 atom stereocenters. The van der Waals surface area contributed by atoms with Crippen LogP contribution in [-0.2, 0) is 4.79 Å². The summed E-state index contributed by atoms with van der Waals surface area (Å²) in [5.74, 6) is -0.107. The van der Waals surface area contributed by atoms with Crippen molar-refractivity contribution in [1.82, 2.24) is 0 Å². The van der Waals surface area contributed by atoms with Crippen LogP contribution in [0.2, 0.25) is 0 Å². The van der Waals surface area contributed by atoms with Crippen LogP contribution < -0.4 is 4.90 Å². The third-order valence-electron chi connectivity index (χ3n) is 3.11. The second-order valence-electron chi connectivity index (χ2n) is 4.30. The van der Waals surface area contributed by atoms with Crippen molar-refractivity contribution in [3.63, 3.8) is 0 Å². The highest BCUT2D eigenvalue weighted by molar-refractivity contribution is 5.96. The maximum Gasteiger partial charge on any atom is 0.228 e. The maximum atomic E-state index is 11.7. The molecule has 3 nitrogen and oxygen atoms in total. The maximum absolute atomic E-state index is 11.7. The fourth-order valence-corrected chi connectivity index (χ4v) is 1.94. The summed E-state index contributed by atoms with van der Waals surface area (Å²) in [5.41, 5.74) is 3.30. The lowest BCUT2D eigenvalue weighted by molar-refractivity contribution is -0.117. The Hall–Kier alpha value is -1.82. The Labute approximate surface area is 95.3 Å². The van der Waals surface area contributed by atoms with Crippen molar-refractivity contribution >= 4 is 11.6 Å². The van der Waals surface area contributed by atoms with Gasteiger partial charge < -0.3 is 4.90 Å². The average molecular weight is 214 g/mol. The monoisotopic (exact) mass is 214 g/mol. The zero-order valence-electron chi connectivity index (χ0n) is 9.53. The topological polar surface area (TPSA) is 44.1 Å².